The first-order chi connectivity index (χ1) is 10.3. The van der Waals surface area contributed by atoms with Crippen LogP contribution in [0, 0.1) is 11.3 Å². The number of ketones is 1. The fraction of sp³-hybridized carbons (Fsp3) is 0.632. The van der Waals surface area contributed by atoms with E-state index in [-0.39, 0.29) is 5.41 Å². The average molecular weight is 283 g/mol. The molecule has 1 saturated heterocycles. The van der Waals surface area contributed by atoms with E-state index in [1.165, 1.54) is 31.4 Å². The van der Waals surface area contributed by atoms with Crippen molar-refractivity contribution in [1.82, 2.24) is 4.90 Å². The van der Waals surface area contributed by atoms with E-state index in [4.69, 9.17) is 0 Å². The third-order valence-electron chi connectivity index (χ3n) is 5.98. The zero-order chi connectivity index (χ0) is 14.3. The highest BCUT2D eigenvalue weighted by Gasteiger charge is 2.44. The first kappa shape index (κ1) is 13.5. The van der Waals surface area contributed by atoms with Gasteiger partial charge >= 0.3 is 0 Å². The first-order valence-corrected chi connectivity index (χ1v) is 8.62. The lowest BCUT2D eigenvalue weighted by Crippen LogP contribution is -2.46. The fourth-order valence-corrected chi connectivity index (χ4v) is 4.19. The van der Waals surface area contributed by atoms with E-state index in [0.29, 0.717) is 5.78 Å². The topological polar surface area (TPSA) is 20.3 Å². The van der Waals surface area contributed by atoms with Crippen LogP contribution in [0.1, 0.15) is 54.4 Å². The summed E-state index contributed by atoms with van der Waals surface area (Å²) in [5, 5.41) is 0. The number of nitrogens with zero attached hydrogens (tertiary/aromatic N) is 1. The van der Waals surface area contributed by atoms with Gasteiger partial charge in [0.15, 0.2) is 5.78 Å². The number of likely N-dealkylation sites (tertiary alicyclic amines) is 1. The number of carbonyl (C=O) groups excluding carboxylic acids is 1. The average Bonchev–Trinajstić information content (AvgIpc) is 3.35. The molecule has 1 heterocycles. The molecule has 1 spiro atoms. The number of hydrogen-bond acceptors (Lipinski definition) is 2. The standard InChI is InChI=1S/C19H25NO/c21-18-17-4-2-1-3-16(17)7-9-19(18)10-13-20(14-11-19)12-8-15-5-6-15/h1-4,15H,5-14H2. The van der Waals surface area contributed by atoms with Gasteiger partial charge in [0.25, 0.3) is 0 Å². The number of aryl methyl sites for hydroxylation is 1. The van der Waals surface area contributed by atoms with Crippen molar-refractivity contribution >= 4 is 5.78 Å². The Labute approximate surface area is 127 Å². The van der Waals surface area contributed by atoms with Crippen molar-refractivity contribution in [2.24, 2.45) is 11.3 Å². The van der Waals surface area contributed by atoms with Crippen molar-refractivity contribution in [3.8, 4) is 0 Å². The number of carbonyl (C=O) groups is 1. The fourth-order valence-electron chi connectivity index (χ4n) is 4.19. The summed E-state index contributed by atoms with van der Waals surface area (Å²) in [6.45, 7) is 3.51. The summed E-state index contributed by atoms with van der Waals surface area (Å²) < 4.78 is 0. The van der Waals surface area contributed by atoms with Gasteiger partial charge in [-0.25, -0.2) is 0 Å². The van der Waals surface area contributed by atoms with Gasteiger partial charge in [0.05, 0.1) is 0 Å². The monoisotopic (exact) mass is 283 g/mol. The Balaban J connectivity index is 1.43. The largest absolute Gasteiger partial charge is 0.303 e. The number of benzene rings is 1. The molecule has 112 valence electrons. The normalized spacial score (nSPS) is 25.0. The van der Waals surface area contributed by atoms with Gasteiger partial charge in [0.1, 0.15) is 0 Å². The maximum Gasteiger partial charge on any atom is 0.169 e. The lowest BCUT2D eigenvalue weighted by atomic mass is 9.65. The third kappa shape index (κ3) is 2.55. The molecule has 3 aliphatic rings. The van der Waals surface area contributed by atoms with Crippen molar-refractivity contribution in [2.45, 2.75) is 44.9 Å². The Hall–Kier alpha value is -1.15. The molecule has 2 aliphatic carbocycles. The van der Waals surface area contributed by atoms with Crippen molar-refractivity contribution in [3.05, 3.63) is 35.4 Å². The quantitative estimate of drug-likeness (QED) is 0.843. The smallest absolute Gasteiger partial charge is 0.169 e. The second kappa shape index (κ2) is 5.24. The molecule has 1 aliphatic heterocycles. The van der Waals surface area contributed by atoms with Crippen LogP contribution in [0.5, 0.6) is 0 Å². The van der Waals surface area contributed by atoms with E-state index in [2.05, 4.69) is 17.0 Å². The maximum atomic E-state index is 13.0. The van der Waals surface area contributed by atoms with Crippen LogP contribution in [0.2, 0.25) is 0 Å². The lowest BCUT2D eigenvalue weighted by Gasteiger charge is -2.43. The molecule has 1 aromatic carbocycles. The van der Waals surface area contributed by atoms with Crippen molar-refractivity contribution < 1.29 is 4.79 Å². The van der Waals surface area contributed by atoms with Crippen LogP contribution in [-0.4, -0.2) is 30.3 Å². The Kier molecular flexibility index (Phi) is 3.37. The molecule has 4 rings (SSSR count). The Morgan fingerprint density at radius 3 is 2.62 bits per heavy atom. The summed E-state index contributed by atoms with van der Waals surface area (Å²) in [6.07, 6.45) is 8.59. The van der Waals surface area contributed by atoms with Crippen molar-refractivity contribution in [2.75, 3.05) is 19.6 Å². The molecule has 0 bridgehead atoms. The van der Waals surface area contributed by atoms with Gasteiger partial charge in [0.2, 0.25) is 0 Å². The highest BCUT2D eigenvalue weighted by atomic mass is 16.1. The Morgan fingerprint density at radius 2 is 1.86 bits per heavy atom. The molecule has 0 aromatic heterocycles. The van der Waals surface area contributed by atoms with Crippen LogP contribution in [0.4, 0.5) is 0 Å². The predicted octanol–water partition coefficient (Wildman–Crippen LogP) is 3.70. The van der Waals surface area contributed by atoms with E-state index in [0.717, 1.165) is 50.3 Å². The molecule has 0 amide bonds. The summed E-state index contributed by atoms with van der Waals surface area (Å²) in [7, 11) is 0. The molecule has 2 heteroatoms. The minimum Gasteiger partial charge on any atom is -0.303 e. The molecule has 2 nitrogen and oxygen atoms in total. The summed E-state index contributed by atoms with van der Waals surface area (Å²) in [6, 6.07) is 8.24. The van der Waals surface area contributed by atoms with E-state index in [1.54, 1.807) is 0 Å². The number of fused-ring (bicyclic) bond motifs is 1. The number of Topliss-reactive ketones (excluding diaryl/α,β-unsaturated/α-hetero) is 1. The summed E-state index contributed by atoms with van der Waals surface area (Å²) in [4.78, 5) is 15.6. The molecule has 0 radical (unpaired) electrons. The molecule has 2 fully saturated rings. The van der Waals surface area contributed by atoms with Gasteiger partial charge in [-0.05, 0) is 63.2 Å². The highest BCUT2D eigenvalue weighted by molar-refractivity contribution is 6.02. The van der Waals surface area contributed by atoms with Crippen LogP contribution in [-0.2, 0) is 6.42 Å². The van der Waals surface area contributed by atoms with Gasteiger partial charge in [-0.15, -0.1) is 0 Å². The van der Waals surface area contributed by atoms with Crippen LogP contribution < -0.4 is 0 Å². The third-order valence-corrected chi connectivity index (χ3v) is 5.98. The molecular weight excluding hydrogens is 258 g/mol. The van der Waals surface area contributed by atoms with Gasteiger partial charge in [-0.3, -0.25) is 4.79 Å². The molecule has 1 aromatic rings. The number of hydrogen-bond donors (Lipinski definition) is 0. The zero-order valence-corrected chi connectivity index (χ0v) is 12.8. The minimum absolute atomic E-state index is 0.0373. The van der Waals surface area contributed by atoms with Crippen LogP contribution in [0.3, 0.4) is 0 Å². The van der Waals surface area contributed by atoms with Gasteiger partial charge in [-0.1, -0.05) is 37.1 Å². The highest BCUT2D eigenvalue weighted by Crippen LogP contribution is 2.43. The molecule has 0 atom stereocenters. The second-order valence-electron chi connectivity index (χ2n) is 7.34. The van der Waals surface area contributed by atoms with Crippen LogP contribution in [0.25, 0.3) is 0 Å². The zero-order valence-electron chi connectivity index (χ0n) is 12.8. The first-order valence-electron chi connectivity index (χ1n) is 8.62. The molecule has 0 unspecified atom stereocenters. The van der Waals surface area contributed by atoms with Crippen LogP contribution >= 0.6 is 0 Å². The van der Waals surface area contributed by atoms with E-state index < -0.39 is 0 Å². The molecule has 1 saturated carbocycles. The van der Waals surface area contributed by atoms with Crippen molar-refractivity contribution in [3.63, 3.8) is 0 Å². The molecule has 21 heavy (non-hydrogen) atoms. The number of rotatable bonds is 3. The van der Waals surface area contributed by atoms with Gasteiger partial charge in [0, 0.05) is 11.0 Å². The summed E-state index contributed by atoms with van der Waals surface area (Å²) in [5.41, 5.74) is 2.24. The van der Waals surface area contributed by atoms with E-state index in [1.807, 2.05) is 12.1 Å². The summed E-state index contributed by atoms with van der Waals surface area (Å²) >= 11 is 0. The van der Waals surface area contributed by atoms with Gasteiger partial charge in [-0.2, -0.15) is 0 Å². The molecule has 0 N–H and O–H groups in total. The van der Waals surface area contributed by atoms with Crippen molar-refractivity contribution in [1.29, 1.82) is 0 Å². The van der Waals surface area contributed by atoms with Crippen LogP contribution in [0.15, 0.2) is 24.3 Å². The van der Waals surface area contributed by atoms with E-state index >= 15 is 0 Å². The number of piperidine rings is 1. The lowest BCUT2D eigenvalue weighted by molar-refractivity contribution is 0.0538. The van der Waals surface area contributed by atoms with E-state index in [9.17, 15) is 4.79 Å². The summed E-state index contributed by atoms with van der Waals surface area (Å²) in [5.74, 6) is 1.45. The minimum atomic E-state index is -0.0373. The second-order valence-corrected chi connectivity index (χ2v) is 7.34. The van der Waals surface area contributed by atoms with Gasteiger partial charge < -0.3 is 4.90 Å². The predicted molar refractivity (Wildman–Crippen MR) is 84.5 cm³/mol. The Morgan fingerprint density at radius 1 is 1.10 bits per heavy atom. The maximum absolute atomic E-state index is 13.0. The molecular formula is C19H25NO. The SMILES string of the molecule is O=C1c2ccccc2CCC12CCN(CCC1CC1)CC2. The Bertz CT molecular complexity index is 538.